The molecule has 0 heterocycles. The van der Waals surface area contributed by atoms with Crippen molar-refractivity contribution in [1.82, 2.24) is 5.32 Å². The number of nitrogens with one attached hydrogen (secondary N) is 1. The average Bonchev–Trinajstić information content (AvgIpc) is 3.34. The highest BCUT2D eigenvalue weighted by Crippen LogP contribution is 2.59. The number of hydrogen-bond acceptors (Lipinski definition) is 2. The van der Waals surface area contributed by atoms with Crippen LogP contribution in [0.3, 0.4) is 0 Å². The number of aryl methyl sites for hydroxylation is 1. The minimum atomic E-state index is 0.551. The van der Waals surface area contributed by atoms with Gasteiger partial charge in [0.25, 0.3) is 0 Å². The second-order valence-corrected chi connectivity index (χ2v) is 9.44. The standard InChI is InChI=1S/C34H36N2/c1-7-16-28-31-24(4)17-15-20-29(31)34-32(27-19-12-13-21-30(27)36(6)23-8-2)25(5)26(33(28)34)18-11-10-14-22-35-9-3/h2,7,9,12-13,15-17,19-21,35H,1,3,5,10-11,14,18,22-23H2,4,6H3/b28-16+. The first kappa shape index (κ1) is 25.1. The van der Waals surface area contributed by atoms with Gasteiger partial charge in [0.15, 0.2) is 0 Å². The lowest BCUT2D eigenvalue weighted by atomic mass is 9.89. The molecule has 0 aromatic heterocycles. The largest absolute Gasteiger partial charge is 0.391 e. The lowest BCUT2D eigenvalue weighted by Crippen LogP contribution is -2.18. The molecule has 4 rings (SSSR count). The highest BCUT2D eigenvalue weighted by molar-refractivity contribution is 6.24. The van der Waals surface area contributed by atoms with Crippen LogP contribution in [0.15, 0.2) is 97.3 Å². The summed E-state index contributed by atoms with van der Waals surface area (Å²) < 4.78 is 0. The molecule has 0 unspecified atom stereocenters. The van der Waals surface area contributed by atoms with Crippen LogP contribution in [0.2, 0.25) is 0 Å². The fourth-order valence-electron chi connectivity index (χ4n) is 5.56. The van der Waals surface area contributed by atoms with E-state index in [1.54, 1.807) is 6.20 Å². The summed E-state index contributed by atoms with van der Waals surface area (Å²) in [5.74, 6) is 2.79. The van der Waals surface area contributed by atoms with Gasteiger partial charge in [-0.2, -0.15) is 0 Å². The number of para-hydroxylation sites is 1. The number of terminal acetylenes is 1. The predicted octanol–water partition coefficient (Wildman–Crippen LogP) is 7.72. The molecule has 0 fully saturated rings. The third-order valence-corrected chi connectivity index (χ3v) is 7.14. The van der Waals surface area contributed by atoms with Gasteiger partial charge in [0, 0.05) is 24.8 Å². The topological polar surface area (TPSA) is 15.3 Å². The highest BCUT2D eigenvalue weighted by Gasteiger charge is 2.38. The first-order valence-electron chi connectivity index (χ1n) is 12.7. The third-order valence-electron chi connectivity index (χ3n) is 7.14. The molecule has 182 valence electrons. The minimum absolute atomic E-state index is 0.551. The number of hydrogen-bond donors (Lipinski definition) is 1. The maximum Gasteiger partial charge on any atom is 0.0788 e. The van der Waals surface area contributed by atoms with Crippen molar-refractivity contribution in [3.8, 4) is 12.3 Å². The number of rotatable bonds is 11. The van der Waals surface area contributed by atoms with Crippen molar-refractivity contribution in [3.05, 3.63) is 120 Å². The zero-order valence-electron chi connectivity index (χ0n) is 21.7. The Labute approximate surface area is 217 Å². The molecule has 2 aromatic carbocycles. The number of nitrogens with zero attached hydrogens (tertiary/aromatic N) is 1. The SMILES string of the molecule is C#CCN(C)c1ccccc1C1=C2C(=C(CCCCCNC=C)C1=C)/C(=C/C=C)c1c(C)cccc12. The van der Waals surface area contributed by atoms with Crippen molar-refractivity contribution in [1.29, 1.82) is 0 Å². The molecule has 0 amide bonds. The monoisotopic (exact) mass is 472 g/mol. The van der Waals surface area contributed by atoms with Gasteiger partial charge in [-0.25, -0.2) is 0 Å². The summed E-state index contributed by atoms with van der Waals surface area (Å²) in [4.78, 5) is 2.15. The maximum absolute atomic E-state index is 5.68. The van der Waals surface area contributed by atoms with Gasteiger partial charge >= 0.3 is 0 Å². The number of allylic oxidation sites excluding steroid dienone is 8. The molecule has 0 spiro atoms. The van der Waals surface area contributed by atoms with E-state index in [0.29, 0.717) is 6.54 Å². The van der Waals surface area contributed by atoms with Crippen molar-refractivity contribution in [2.75, 3.05) is 25.0 Å². The molecule has 0 bridgehead atoms. The molecule has 1 N–H and O–H groups in total. The first-order valence-corrected chi connectivity index (χ1v) is 12.7. The summed E-state index contributed by atoms with van der Waals surface area (Å²) in [6, 6.07) is 15.2. The molecule has 0 aliphatic heterocycles. The Morgan fingerprint density at radius 2 is 1.75 bits per heavy atom. The molecule has 2 aliphatic rings. The van der Waals surface area contributed by atoms with E-state index in [-0.39, 0.29) is 0 Å². The van der Waals surface area contributed by atoms with Crippen LogP contribution in [0.5, 0.6) is 0 Å². The van der Waals surface area contributed by atoms with E-state index < -0.39 is 0 Å². The minimum Gasteiger partial charge on any atom is -0.391 e. The van der Waals surface area contributed by atoms with Gasteiger partial charge in [0.2, 0.25) is 0 Å². The number of anilines is 1. The van der Waals surface area contributed by atoms with Crippen molar-refractivity contribution >= 4 is 22.4 Å². The van der Waals surface area contributed by atoms with E-state index in [2.05, 4.69) is 98.4 Å². The normalized spacial score (nSPS) is 15.1. The summed E-state index contributed by atoms with van der Waals surface area (Å²) >= 11 is 0. The second-order valence-electron chi connectivity index (χ2n) is 9.44. The molecule has 0 radical (unpaired) electrons. The molecule has 0 saturated carbocycles. The Hall–Kier alpha value is -3.96. The Balaban J connectivity index is 1.88. The zero-order valence-corrected chi connectivity index (χ0v) is 21.7. The molecule has 2 aromatic rings. The van der Waals surface area contributed by atoms with Gasteiger partial charge in [0.1, 0.15) is 0 Å². The van der Waals surface area contributed by atoms with Crippen LogP contribution in [-0.2, 0) is 0 Å². The van der Waals surface area contributed by atoms with Crippen LogP contribution >= 0.6 is 0 Å². The van der Waals surface area contributed by atoms with Gasteiger partial charge in [-0.05, 0) is 88.6 Å². The van der Waals surface area contributed by atoms with E-state index in [1.165, 1.54) is 50.1 Å². The summed E-state index contributed by atoms with van der Waals surface area (Å²) in [6.45, 7) is 16.2. The summed E-state index contributed by atoms with van der Waals surface area (Å²) in [5.41, 5.74) is 13.8. The molecule has 2 aliphatic carbocycles. The van der Waals surface area contributed by atoms with Crippen LogP contribution in [0.4, 0.5) is 5.69 Å². The lowest BCUT2D eigenvalue weighted by Gasteiger charge is -2.22. The smallest absolute Gasteiger partial charge is 0.0788 e. The Kier molecular flexibility index (Phi) is 7.81. The molecular weight excluding hydrogens is 436 g/mol. The molecule has 0 atom stereocenters. The van der Waals surface area contributed by atoms with Gasteiger partial charge in [-0.1, -0.05) is 80.6 Å². The average molecular weight is 473 g/mol. The third kappa shape index (κ3) is 4.50. The molecule has 0 saturated heterocycles. The van der Waals surface area contributed by atoms with Crippen molar-refractivity contribution in [2.45, 2.75) is 32.6 Å². The van der Waals surface area contributed by atoms with Crippen LogP contribution in [-0.4, -0.2) is 20.1 Å². The summed E-state index contributed by atoms with van der Waals surface area (Å²) in [7, 11) is 2.06. The van der Waals surface area contributed by atoms with E-state index in [1.807, 2.05) is 6.08 Å². The molecule has 2 heteroatoms. The summed E-state index contributed by atoms with van der Waals surface area (Å²) in [5, 5.41) is 3.21. The van der Waals surface area contributed by atoms with E-state index >= 15 is 0 Å². The molecule has 2 nitrogen and oxygen atoms in total. The van der Waals surface area contributed by atoms with Gasteiger partial charge < -0.3 is 10.2 Å². The quantitative estimate of drug-likeness (QED) is 0.266. The number of fused-ring (bicyclic) bond motifs is 3. The van der Waals surface area contributed by atoms with E-state index in [4.69, 9.17) is 6.42 Å². The van der Waals surface area contributed by atoms with E-state index in [9.17, 15) is 0 Å². The predicted molar refractivity (Wildman–Crippen MR) is 158 cm³/mol. The van der Waals surface area contributed by atoms with Crippen LogP contribution in [0, 0.1) is 19.3 Å². The number of unbranched alkanes of at least 4 members (excludes halogenated alkanes) is 2. The highest BCUT2D eigenvalue weighted by atomic mass is 15.1. The van der Waals surface area contributed by atoms with Gasteiger partial charge in [-0.3, -0.25) is 0 Å². The van der Waals surface area contributed by atoms with Crippen LogP contribution in [0.1, 0.15) is 47.9 Å². The fourth-order valence-corrected chi connectivity index (χ4v) is 5.56. The Morgan fingerprint density at radius 1 is 0.972 bits per heavy atom. The van der Waals surface area contributed by atoms with Crippen LogP contribution in [0.25, 0.3) is 16.7 Å². The van der Waals surface area contributed by atoms with E-state index in [0.717, 1.165) is 43.5 Å². The zero-order chi connectivity index (χ0) is 25.7. The molecule has 36 heavy (non-hydrogen) atoms. The van der Waals surface area contributed by atoms with Crippen LogP contribution < -0.4 is 10.2 Å². The summed E-state index contributed by atoms with van der Waals surface area (Å²) in [6.07, 6.45) is 15.9. The fraction of sp³-hybridized carbons (Fsp3) is 0.235. The lowest BCUT2D eigenvalue weighted by molar-refractivity contribution is 0.655. The number of benzene rings is 2. The van der Waals surface area contributed by atoms with Crippen molar-refractivity contribution < 1.29 is 0 Å². The Bertz CT molecular complexity index is 1340. The second kappa shape index (κ2) is 11.2. The van der Waals surface area contributed by atoms with Gasteiger partial charge in [0.05, 0.1) is 6.54 Å². The molecular formula is C34H36N2. The van der Waals surface area contributed by atoms with Gasteiger partial charge in [-0.15, -0.1) is 6.42 Å². The maximum atomic E-state index is 5.68. The first-order chi connectivity index (χ1) is 17.5. The van der Waals surface area contributed by atoms with Crippen molar-refractivity contribution in [3.63, 3.8) is 0 Å². The van der Waals surface area contributed by atoms with Crippen molar-refractivity contribution in [2.24, 2.45) is 0 Å². The Morgan fingerprint density at radius 3 is 2.50 bits per heavy atom.